The third-order valence-electron chi connectivity index (χ3n) is 3.73. The van der Waals surface area contributed by atoms with E-state index in [1.54, 1.807) is 42.7 Å². The van der Waals surface area contributed by atoms with Crippen LogP contribution in [0.4, 0.5) is 5.69 Å². The van der Waals surface area contributed by atoms with Crippen LogP contribution in [0, 0.1) is 0 Å². The molecular formula is C19H18ClN5OS. The van der Waals surface area contributed by atoms with Crippen molar-refractivity contribution >= 4 is 35.0 Å². The first-order chi connectivity index (χ1) is 13.1. The molecule has 1 amide bonds. The molecule has 6 nitrogen and oxygen atoms in total. The number of carbonyl (C=O) groups excluding carboxylic acids is 1. The van der Waals surface area contributed by atoms with Gasteiger partial charge in [0.15, 0.2) is 11.0 Å². The number of aromatic nitrogens is 4. The van der Waals surface area contributed by atoms with Crippen molar-refractivity contribution in [2.45, 2.75) is 23.9 Å². The van der Waals surface area contributed by atoms with Crippen LogP contribution in [-0.4, -0.2) is 30.9 Å². The van der Waals surface area contributed by atoms with Crippen LogP contribution in [0.5, 0.6) is 0 Å². The molecule has 27 heavy (non-hydrogen) atoms. The highest BCUT2D eigenvalue weighted by Crippen LogP contribution is 2.27. The molecule has 0 aliphatic carbocycles. The lowest BCUT2D eigenvalue weighted by molar-refractivity contribution is -0.115. The number of allylic oxidation sites excluding steroid dienone is 1. The summed E-state index contributed by atoms with van der Waals surface area (Å²) in [7, 11) is 0. The van der Waals surface area contributed by atoms with Gasteiger partial charge < -0.3 is 5.32 Å². The van der Waals surface area contributed by atoms with E-state index in [0.29, 0.717) is 28.2 Å². The number of halogens is 1. The zero-order valence-corrected chi connectivity index (χ0v) is 16.2. The fourth-order valence-electron chi connectivity index (χ4n) is 2.37. The average molecular weight is 400 g/mol. The van der Waals surface area contributed by atoms with Crippen LogP contribution in [0.2, 0.25) is 5.02 Å². The van der Waals surface area contributed by atoms with E-state index in [-0.39, 0.29) is 11.2 Å². The van der Waals surface area contributed by atoms with Gasteiger partial charge in [-0.1, -0.05) is 29.4 Å². The topological polar surface area (TPSA) is 72.7 Å². The summed E-state index contributed by atoms with van der Waals surface area (Å²) in [6.45, 7) is 6.17. The molecule has 3 aromatic rings. The fourth-order valence-corrected chi connectivity index (χ4v) is 3.36. The first kappa shape index (κ1) is 19.1. The second-order valence-electron chi connectivity index (χ2n) is 5.70. The average Bonchev–Trinajstić information content (AvgIpc) is 3.07. The van der Waals surface area contributed by atoms with Crippen LogP contribution in [0.15, 0.2) is 66.6 Å². The molecule has 0 spiro atoms. The molecule has 8 heteroatoms. The Labute approximate surface area is 166 Å². The van der Waals surface area contributed by atoms with Crippen LogP contribution in [-0.2, 0) is 11.3 Å². The molecule has 0 aliphatic heterocycles. The van der Waals surface area contributed by atoms with Crippen molar-refractivity contribution < 1.29 is 4.79 Å². The summed E-state index contributed by atoms with van der Waals surface area (Å²) >= 11 is 7.22. The molecule has 0 aliphatic rings. The van der Waals surface area contributed by atoms with Gasteiger partial charge in [0, 0.05) is 35.2 Å². The summed E-state index contributed by atoms with van der Waals surface area (Å²) in [6.07, 6.45) is 5.19. The van der Waals surface area contributed by atoms with Gasteiger partial charge in [-0.05, 0) is 43.3 Å². The number of benzene rings is 1. The molecule has 2 aromatic heterocycles. The highest BCUT2D eigenvalue weighted by atomic mass is 35.5. The van der Waals surface area contributed by atoms with Crippen LogP contribution in [0.1, 0.15) is 6.92 Å². The molecule has 0 bridgehead atoms. The number of amides is 1. The molecule has 138 valence electrons. The molecule has 1 N–H and O–H groups in total. The zero-order valence-electron chi connectivity index (χ0n) is 14.7. The van der Waals surface area contributed by atoms with Crippen molar-refractivity contribution in [3.63, 3.8) is 0 Å². The Kier molecular flexibility index (Phi) is 6.26. The third kappa shape index (κ3) is 4.75. The van der Waals surface area contributed by atoms with Crippen molar-refractivity contribution in [3.05, 3.63) is 66.5 Å². The Morgan fingerprint density at radius 3 is 2.63 bits per heavy atom. The molecule has 0 fully saturated rings. The summed E-state index contributed by atoms with van der Waals surface area (Å²) in [6, 6.07) is 10.7. The Bertz CT molecular complexity index is 927. The summed E-state index contributed by atoms with van der Waals surface area (Å²) in [5, 5.41) is 12.3. The van der Waals surface area contributed by atoms with Crippen molar-refractivity contribution in [2.75, 3.05) is 5.32 Å². The maximum Gasteiger partial charge on any atom is 0.237 e. The number of hydrogen-bond acceptors (Lipinski definition) is 5. The molecule has 0 saturated heterocycles. The normalized spacial score (nSPS) is 11.8. The first-order valence-electron chi connectivity index (χ1n) is 8.26. The van der Waals surface area contributed by atoms with Crippen molar-refractivity contribution in [3.8, 4) is 11.4 Å². The number of nitrogens with one attached hydrogen (secondary N) is 1. The number of anilines is 1. The van der Waals surface area contributed by atoms with Gasteiger partial charge in [0.1, 0.15) is 0 Å². The van der Waals surface area contributed by atoms with E-state index in [1.165, 1.54) is 11.8 Å². The Morgan fingerprint density at radius 1 is 1.26 bits per heavy atom. The summed E-state index contributed by atoms with van der Waals surface area (Å²) in [4.78, 5) is 16.5. The second-order valence-corrected chi connectivity index (χ2v) is 7.44. The highest BCUT2D eigenvalue weighted by molar-refractivity contribution is 8.00. The Hall–Kier alpha value is -2.64. The van der Waals surface area contributed by atoms with E-state index in [0.717, 1.165) is 5.56 Å². The quantitative estimate of drug-likeness (QED) is 0.473. The minimum Gasteiger partial charge on any atom is -0.325 e. The van der Waals surface area contributed by atoms with E-state index in [9.17, 15) is 4.79 Å². The largest absolute Gasteiger partial charge is 0.325 e. The van der Waals surface area contributed by atoms with Gasteiger partial charge in [0.05, 0.1) is 5.25 Å². The van der Waals surface area contributed by atoms with Gasteiger partial charge in [-0.25, -0.2) is 0 Å². The predicted octanol–water partition coefficient (Wildman–Crippen LogP) is 4.30. The van der Waals surface area contributed by atoms with Crippen molar-refractivity contribution in [1.29, 1.82) is 0 Å². The standard InChI is InChI=1S/C19H18ClN5OS/c1-3-12-25-17(14-8-10-21-11-9-14)23-24-19(25)27-13(2)18(26)22-16-6-4-15(20)5-7-16/h3-11,13H,1,12H2,2H3,(H,22,26)/t13-/m1/s1. The first-order valence-corrected chi connectivity index (χ1v) is 9.52. The van der Waals surface area contributed by atoms with Crippen LogP contribution in [0.3, 0.4) is 0 Å². The van der Waals surface area contributed by atoms with Crippen LogP contribution < -0.4 is 5.32 Å². The molecule has 2 heterocycles. The summed E-state index contributed by atoms with van der Waals surface area (Å²) in [5.74, 6) is 0.589. The Morgan fingerprint density at radius 2 is 1.96 bits per heavy atom. The number of nitrogens with zero attached hydrogens (tertiary/aromatic N) is 4. The number of hydrogen-bond donors (Lipinski definition) is 1. The van der Waals surface area contributed by atoms with Crippen LogP contribution >= 0.6 is 23.4 Å². The maximum absolute atomic E-state index is 12.5. The van der Waals surface area contributed by atoms with Crippen molar-refractivity contribution in [2.24, 2.45) is 0 Å². The smallest absolute Gasteiger partial charge is 0.237 e. The Balaban J connectivity index is 1.76. The number of pyridine rings is 1. The van der Waals surface area contributed by atoms with E-state index < -0.39 is 0 Å². The third-order valence-corrected chi connectivity index (χ3v) is 5.06. The number of carbonyl (C=O) groups is 1. The lowest BCUT2D eigenvalue weighted by Gasteiger charge is -2.13. The second kappa shape index (κ2) is 8.83. The van der Waals surface area contributed by atoms with E-state index >= 15 is 0 Å². The minimum absolute atomic E-state index is 0.124. The molecule has 1 aromatic carbocycles. The predicted molar refractivity (Wildman–Crippen MR) is 109 cm³/mol. The van der Waals surface area contributed by atoms with Gasteiger partial charge >= 0.3 is 0 Å². The maximum atomic E-state index is 12.5. The van der Waals surface area contributed by atoms with Gasteiger partial charge in [-0.15, -0.1) is 16.8 Å². The molecular weight excluding hydrogens is 382 g/mol. The number of thioether (sulfide) groups is 1. The fraction of sp³-hybridized carbons (Fsp3) is 0.158. The molecule has 1 atom stereocenters. The lowest BCUT2D eigenvalue weighted by atomic mass is 10.2. The van der Waals surface area contributed by atoms with E-state index in [2.05, 4.69) is 27.1 Å². The summed E-state index contributed by atoms with van der Waals surface area (Å²) < 4.78 is 1.93. The van der Waals surface area contributed by atoms with E-state index in [4.69, 9.17) is 11.6 Å². The lowest BCUT2D eigenvalue weighted by Crippen LogP contribution is -2.22. The van der Waals surface area contributed by atoms with Gasteiger partial charge in [0.2, 0.25) is 5.91 Å². The molecule has 0 saturated carbocycles. The van der Waals surface area contributed by atoms with Crippen molar-refractivity contribution in [1.82, 2.24) is 19.7 Å². The monoisotopic (exact) mass is 399 g/mol. The van der Waals surface area contributed by atoms with Crippen LogP contribution in [0.25, 0.3) is 11.4 Å². The highest BCUT2D eigenvalue weighted by Gasteiger charge is 2.20. The van der Waals surface area contributed by atoms with Gasteiger partial charge in [-0.3, -0.25) is 14.3 Å². The molecule has 3 rings (SSSR count). The van der Waals surface area contributed by atoms with Gasteiger partial charge in [-0.2, -0.15) is 0 Å². The van der Waals surface area contributed by atoms with Gasteiger partial charge in [0.25, 0.3) is 0 Å². The minimum atomic E-state index is -0.362. The molecule has 0 radical (unpaired) electrons. The zero-order chi connectivity index (χ0) is 19.2. The number of rotatable bonds is 7. The summed E-state index contributed by atoms with van der Waals surface area (Å²) in [5.41, 5.74) is 1.60. The van der Waals surface area contributed by atoms with E-state index in [1.807, 2.05) is 23.6 Å². The molecule has 0 unspecified atom stereocenters. The SMILES string of the molecule is C=CCn1c(S[C@H](C)C(=O)Nc2ccc(Cl)cc2)nnc1-c1ccncc1.